The van der Waals surface area contributed by atoms with E-state index in [2.05, 4.69) is 0 Å². The molecule has 0 amide bonds. The molecule has 0 unspecified atom stereocenters. The summed E-state index contributed by atoms with van der Waals surface area (Å²) in [6.45, 7) is 3.44. The van der Waals surface area contributed by atoms with Crippen molar-refractivity contribution in [1.82, 2.24) is 0 Å². The highest BCUT2D eigenvalue weighted by Gasteiger charge is 2.38. The van der Waals surface area contributed by atoms with E-state index in [1.54, 1.807) is 0 Å². The Morgan fingerprint density at radius 1 is 0.607 bits per heavy atom. The highest BCUT2D eigenvalue weighted by Crippen LogP contribution is 2.41. The maximum atomic E-state index is 13.2. The lowest BCUT2D eigenvalue weighted by Gasteiger charge is -2.23. The summed E-state index contributed by atoms with van der Waals surface area (Å²) in [5.41, 5.74) is -0.606. The van der Waals surface area contributed by atoms with Gasteiger partial charge < -0.3 is 14.2 Å². The monoisotopic (exact) mass is 382 g/mol. The number of carbonyl (C=O) groups is 5. The first kappa shape index (κ1) is 19.0. The van der Waals surface area contributed by atoms with Gasteiger partial charge in [0.15, 0.2) is 5.78 Å². The molecule has 0 fully saturated rings. The molecule has 2 aromatic carbocycles. The van der Waals surface area contributed by atoms with Gasteiger partial charge in [-0.3, -0.25) is 24.0 Å². The van der Waals surface area contributed by atoms with Gasteiger partial charge in [-0.2, -0.15) is 0 Å². The van der Waals surface area contributed by atoms with Crippen LogP contribution in [0.2, 0.25) is 0 Å². The average Bonchev–Trinajstić information content (AvgIpc) is 2.59. The third-order valence-electron chi connectivity index (χ3n) is 3.84. The lowest BCUT2D eigenvalue weighted by atomic mass is 9.82. The van der Waals surface area contributed by atoms with Crippen molar-refractivity contribution in [2.24, 2.45) is 0 Å². The van der Waals surface area contributed by atoms with Gasteiger partial charge in [0, 0.05) is 26.3 Å². The predicted octanol–water partition coefficient (Wildman–Crippen LogP) is 2.24. The molecule has 8 heteroatoms. The third kappa shape index (κ3) is 3.27. The molecule has 2 aromatic rings. The number of rotatable bonds is 3. The molecule has 0 heterocycles. The van der Waals surface area contributed by atoms with E-state index in [9.17, 15) is 24.0 Å². The topological polar surface area (TPSA) is 113 Å². The number of ketones is 2. The number of benzene rings is 2. The second-order valence-electron chi connectivity index (χ2n) is 5.93. The minimum absolute atomic E-state index is 0.0235. The molecule has 0 N–H and O–H groups in total. The van der Waals surface area contributed by atoms with Crippen LogP contribution in [0.4, 0.5) is 0 Å². The Labute approximate surface area is 159 Å². The van der Waals surface area contributed by atoms with E-state index in [0.29, 0.717) is 0 Å². The van der Waals surface area contributed by atoms with Gasteiger partial charge in [-0.05, 0) is 18.2 Å². The maximum absolute atomic E-state index is 13.2. The summed E-state index contributed by atoms with van der Waals surface area (Å²) in [5.74, 6) is -3.81. The Morgan fingerprint density at radius 2 is 1.04 bits per heavy atom. The fourth-order valence-electron chi connectivity index (χ4n) is 2.95. The van der Waals surface area contributed by atoms with Crippen molar-refractivity contribution in [2.45, 2.75) is 20.8 Å². The van der Waals surface area contributed by atoms with Gasteiger partial charge in [-0.1, -0.05) is 12.1 Å². The lowest BCUT2D eigenvalue weighted by Crippen LogP contribution is -2.25. The Morgan fingerprint density at radius 3 is 1.50 bits per heavy atom. The maximum Gasteiger partial charge on any atom is 0.308 e. The van der Waals surface area contributed by atoms with Crippen molar-refractivity contribution < 1.29 is 38.2 Å². The largest absolute Gasteiger partial charge is 0.426 e. The Balaban J connectivity index is 2.31. The first-order valence-corrected chi connectivity index (χ1v) is 8.15. The molecule has 0 saturated heterocycles. The van der Waals surface area contributed by atoms with Gasteiger partial charge in [0.1, 0.15) is 17.2 Å². The molecule has 0 atom stereocenters. The fraction of sp³-hybridized carbons (Fsp3) is 0.150. The molecule has 0 aromatic heterocycles. The van der Waals surface area contributed by atoms with E-state index in [-0.39, 0.29) is 39.5 Å². The Kier molecular flexibility index (Phi) is 4.79. The summed E-state index contributed by atoms with van der Waals surface area (Å²) in [6.07, 6.45) is 0. The average molecular weight is 382 g/mol. The summed E-state index contributed by atoms with van der Waals surface area (Å²) < 4.78 is 15.2. The predicted molar refractivity (Wildman–Crippen MR) is 93.7 cm³/mol. The second-order valence-corrected chi connectivity index (χ2v) is 5.93. The first-order chi connectivity index (χ1) is 13.2. The van der Waals surface area contributed by atoms with Crippen molar-refractivity contribution in [3.8, 4) is 17.2 Å². The summed E-state index contributed by atoms with van der Waals surface area (Å²) in [5, 5.41) is 0. The van der Waals surface area contributed by atoms with Crippen LogP contribution in [-0.4, -0.2) is 29.5 Å². The van der Waals surface area contributed by atoms with Crippen molar-refractivity contribution in [1.29, 1.82) is 0 Å². The minimum atomic E-state index is -0.707. The molecule has 0 spiro atoms. The van der Waals surface area contributed by atoms with Gasteiger partial charge in [0.2, 0.25) is 5.78 Å². The summed E-state index contributed by atoms with van der Waals surface area (Å²) in [4.78, 5) is 60.5. The third-order valence-corrected chi connectivity index (χ3v) is 3.84. The summed E-state index contributed by atoms with van der Waals surface area (Å²) in [7, 11) is 0. The number of hydrogen-bond acceptors (Lipinski definition) is 8. The molecule has 0 bridgehead atoms. The van der Waals surface area contributed by atoms with E-state index < -0.39 is 29.5 Å². The smallest absolute Gasteiger partial charge is 0.308 e. The molecule has 142 valence electrons. The van der Waals surface area contributed by atoms with Crippen LogP contribution < -0.4 is 14.2 Å². The van der Waals surface area contributed by atoms with E-state index in [0.717, 1.165) is 20.8 Å². The van der Waals surface area contributed by atoms with E-state index in [1.165, 1.54) is 30.3 Å². The second kappa shape index (κ2) is 7.07. The van der Waals surface area contributed by atoms with Crippen molar-refractivity contribution in [3.05, 3.63) is 52.6 Å². The van der Waals surface area contributed by atoms with Crippen LogP contribution in [0, 0.1) is 0 Å². The van der Waals surface area contributed by atoms with Gasteiger partial charge in [0.05, 0.1) is 16.7 Å². The summed E-state index contributed by atoms with van der Waals surface area (Å²) >= 11 is 0. The zero-order valence-corrected chi connectivity index (χ0v) is 15.2. The number of fused-ring (bicyclic) bond motifs is 2. The quantitative estimate of drug-likeness (QED) is 0.501. The molecule has 0 radical (unpaired) electrons. The van der Waals surface area contributed by atoms with Crippen LogP contribution in [0.5, 0.6) is 17.2 Å². The van der Waals surface area contributed by atoms with Crippen LogP contribution in [-0.2, 0) is 14.4 Å². The molecule has 1 aliphatic rings. The molecule has 0 saturated carbocycles. The number of esters is 3. The number of hydrogen-bond donors (Lipinski definition) is 0. The highest BCUT2D eigenvalue weighted by molar-refractivity contribution is 6.31. The molecular formula is C20H14O8. The SMILES string of the molecule is CC(=O)Oc1cccc2c1C(=O)c1c(OC(C)=O)ccc(OC(C)=O)c1C2=O. The molecule has 8 nitrogen and oxygen atoms in total. The molecule has 3 rings (SSSR count). The standard InChI is InChI=1S/C20H14O8/c1-9(21)26-13-6-4-5-12-16(13)20(25)18-15(28-11(3)23)8-7-14(27-10(2)22)17(18)19(12)24/h4-8H,1-3H3. The van der Waals surface area contributed by atoms with Crippen LogP contribution in [0.3, 0.4) is 0 Å². The van der Waals surface area contributed by atoms with E-state index in [1.807, 2.05) is 0 Å². The Hall–Kier alpha value is -3.81. The fourth-order valence-corrected chi connectivity index (χ4v) is 2.95. The molecule has 28 heavy (non-hydrogen) atoms. The number of ether oxygens (including phenoxy) is 3. The van der Waals surface area contributed by atoms with Gasteiger partial charge in [-0.15, -0.1) is 0 Å². The Bertz CT molecular complexity index is 1060. The normalized spacial score (nSPS) is 12.0. The first-order valence-electron chi connectivity index (χ1n) is 8.15. The van der Waals surface area contributed by atoms with Crippen LogP contribution >= 0.6 is 0 Å². The minimum Gasteiger partial charge on any atom is -0.426 e. The molecule has 0 aliphatic heterocycles. The number of carbonyl (C=O) groups excluding carboxylic acids is 5. The van der Waals surface area contributed by atoms with Gasteiger partial charge in [0.25, 0.3) is 0 Å². The van der Waals surface area contributed by atoms with Gasteiger partial charge in [-0.25, -0.2) is 0 Å². The molecular weight excluding hydrogens is 368 g/mol. The summed E-state index contributed by atoms with van der Waals surface area (Å²) in [6, 6.07) is 6.74. The van der Waals surface area contributed by atoms with Crippen LogP contribution in [0.25, 0.3) is 0 Å². The zero-order valence-electron chi connectivity index (χ0n) is 15.2. The van der Waals surface area contributed by atoms with E-state index in [4.69, 9.17) is 14.2 Å². The van der Waals surface area contributed by atoms with Crippen LogP contribution in [0.1, 0.15) is 52.6 Å². The lowest BCUT2D eigenvalue weighted by molar-refractivity contribution is -0.133. The van der Waals surface area contributed by atoms with Gasteiger partial charge >= 0.3 is 17.9 Å². The van der Waals surface area contributed by atoms with Crippen molar-refractivity contribution >= 4 is 29.5 Å². The highest BCUT2D eigenvalue weighted by atomic mass is 16.5. The van der Waals surface area contributed by atoms with E-state index >= 15 is 0 Å². The van der Waals surface area contributed by atoms with Crippen molar-refractivity contribution in [3.63, 3.8) is 0 Å². The zero-order chi connectivity index (χ0) is 20.6. The van der Waals surface area contributed by atoms with Crippen LogP contribution in [0.15, 0.2) is 30.3 Å². The molecule has 1 aliphatic carbocycles. The van der Waals surface area contributed by atoms with Crippen molar-refractivity contribution in [2.75, 3.05) is 0 Å².